The monoisotopic (exact) mass is 510 g/mol. The van der Waals surface area contributed by atoms with Crippen molar-refractivity contribution in [1.82, 2.24) is 20.1 Å². The number of hydrogen-bond acceptors (Lipinski definition) is 6. The summed E-state index contributed by atoms with van der Waals surface area (Å²) in [5.41, 5.74) is 3.72. The molecule has 35 heavy (non-hydrogen) atoms. The van der Waals surface area contributed by atoms with Crippen molar-refractivity contribution in [2.45, 2.75) is 44.9 Å². The quantitative estimate of drug-likeness (QED) is 0.577. The van der Waals surface area contributed by atoms with E-state index >= 15 is 0 Å². The second-order valence-electron chi connectivity index (χ2n) is 9.52. The van der Waals surface area contributed by atoms with Crippen molar-refractivity contribution in [1.29, 1.82) is 0 Å². The molecule has 0 radical (unpaired) electrons. The van der Waals surface area contributed by atoms with Crippen LogP contribution in [0.15, 0.2) is 30.5 Å². The van der Waals surface area contributed by atoms with Crippen molar-refractivity contribution in [2.75, 3.05) is 26.2 Å². The fourth-order valence-electron chi connectivity index (χ4n) is 5.32. The molecule has 1 unspecified atom stereocenters. The van der Waals surface area contributed by atoms with Crippen LogP contribution in [0.3, 0.4) is 0 Å². The number of carbonyl (C=O) groups excluding carboxylic acids is 2. The van der Waals surface area contributed by atoms with Gasteiger partial charge in [-0.05, 0) is 37.6 Å². The third-order valence-electron chi connectivity index (χ3n) is 7.21. The summed E-state index contributed by atoms with van der Waals surface area (Å²) >= 11 is 8.19. The summed E-state index contributed by atoms with van der Waals surface area (Å²) in [4.78, 5) is 35.0. The highest BCUT2D eigenvalue weighted by molar-refractivity contribution is 7.19. The fourth-order valence-corrected chi connectivity index (χ4v) is 6.70. The minimum atomic E-state index is -0.529. The van der Waals surface area contributed by atoms with Crippen molar-refractivity contribution < 1.29 is 14.3 Å². The van der Waals surface area contributed by atoms with Crippen LogP contribution in [0.5, 0.6) is 5.75 Å². The number of rotatable bonds is 4. The van der Waals surface area contributed by atoms with Crippen molar-refractivity contribution in [2.24, 2.45) is 0 Å². The predicted octanol–water partition coefficient (Wildman–Crippen LogP) is 3.86. The first kappa shape index (κ1) is 22.8. The van der Waals surface area contributed by atoms with Crippen LogP contribution >= 0.6 is 22.9 Å². The number of benzene rings is 1. The number of fused-ring (bicyclic) bond motifs is 2. The Kier molecular flexibility index (Phi) is 5.90. The van der Waals surface area contributed by atoms with Crippen LogP contribution in [0.2, 0.25) is 5.02 Å². The molecule has 7 nitrogen and oxygen atoms in total. The smallest absolute Gasteiger partial charge is 0.264 e. The van der Waals surface area contributed by atoms with Crippen molar-refractivity contribution in [3.05, 3.63) is 45.9 Å². The van der Waals surface area contributed by atoms with Gasteiger partial charge in [0.05, 0.1) is 16.8 Å². The molecule has 3 aliphatic rings. The molecule has 0 spiro atoms. The van der Waals surface area contributed by atoms with Crippen LogP contribution < -0.4 is 10.1 Å². The Bertz CT molecular complexity index is 1320. The third kappa shape index (κ3) is 4.17. The average molecular weight is 511 g/mol. The average Bonchev–Trinajstić information content (AvgIpc) is 3.56. The van der Waals surface area contributed by atoms with E-state index in [4.69, 9.17) is 16.3 Å². The lowest BCUT2D eigenvalue weighted by Crippen LogP contribution is -2.50. The van der Waals surface area contributed by atoms with Crippen molar-refractivity contribution in [3.8, 4) is 16.9 Å². The number of amides is 2. The van der Waals surface area contributed by atoms with Gasteiger partial charge in [0.25, 0.3) is 5.91 Å². The molecule has 2 amide bonds. The lowest BCUT2D eigenvalue weighted by atomic mass is 10.0. The van der Waals surface area contributed by atoms with Gasteiger partial charge in [-0.15, -0.1) is 11.3 Å². The maximum Gasteiger partial charge on any atom is 0.264 e. The Balaban J connectivity index is 1.33. The maximum atomic E-state index is 13.1. The van der Waals surface area contributed by atoms with Crippen LogP contribution in [0.4, 0.5) is 0 Å². The highest BCUT2D eigenvalue weighted by atomic mass is 35.5. The molecular weight excluding hydrogens is 484 g/mol. The van der Waals surface area contributed by atoms with E-state index in [2.05, 4.69) is 23.3 Å². The lowest BCUT2D eigenvalue weighted by Gasteiger charge is -2.29. The van der Waals surface area contributed by atoms with Gasteiger partial charge in [-0.1, -0.05) is 11.6 Å². The number of carbonyl (C=O) groups is 2. The molecule has 1 N–H and O–H groups in total. The molecule has 2 saturated heterocycles. The first-order valence-corrected chi connectivity index (χ1v) is 13.3. The molecule has 1 aromatic carbocycles. The van der Waals surface area contributed by atoms with Crippen LogP contribution in [0.1, 0.15) is 30.2 Å². The standard InChI is InChI=1S/C26H27ClN4O3S/c1-15-2-3-23(32)31(15)14-18-13-21-25(35-18)19(4-5-29-21)20-12-17(27)10-16-11-22(34-24(16)20)26(33)30-8-6-28-7-9-30/h4-5,10,12-13,15,22,28H,2-3,6-9,11,14H2,1H3/t15?,22-/m1/s1. The molecule has 2 aromatic heterocycles. The normalized spacial score (nSPS) is 22.1. The maximum absolute atomic E-state index is 13.1. The number of aromatic nitrogens is 1. The van der Waals surface area contributed by atoms with Crippen LogP contribution in [-0.4, -0.2) is 64.9 Å². The molecule has 0 bridgehead atoms. The van der Waals surface area contributed by atoms with Gasteiger partial charge in [-0.25, -0.2) is 0 Å². The lowest BCUT2D eigenvalue weighted by molar-refractivity contribution is -0.138. The molecule has 9 heteroatoms. The van der Waals surface area contributed by atoms with Gasteiger partial charge in [0.1, 0.15) is 5.75 Å². The summed E-state index contributed by atoms with van der Waals surface area (Å²) in [6.07, 6.45) is 3.32. The minimum absolute atomic E-state index is 0.0347. The Morgan fingerprint density at radius 3 is 2.86 bits per heavy atom. The Hall–Kier alpha value is -2.68. The highest BCUT2D eigenvalue weighted by Gasteiger charge is 2.35. The molecular formula is C26H27ClN4O3S. The molecule has 0 saturated carbocycles. The molecule has 2 atom stereocenters. The van der Waals surface area contributed by atoms with Gasteiger partial charge in [0.15, 0.2) is 6.10 Å². The molecule has 3 aromatic rings. The summed E-state index contributed by atoms with van der Waals surface area (Å²) in [5, 5.41) is 3.90. The van der Waals surface area contributed by atoms with Crippen molar-refractivity contribution in [3.63, 3.8) is 0 Å². The molecule has 0 aliphatic carbocycles. The first-order chi connectivity index (χ1) is 17.0. The topological polar surface area (TPSA) is 74.8 Å². The number of thiophene rings is 1. The summed E-state index contributed by atoms with van der Waals surface area (Å²) in [7, 11) is 0. The zero-order valence-corrected chi connectivity index (χ0v) is 21.1. The van der Waals surface area contributed by atoms with Gasteiger partial charge in [0, 0.05) is 77.8 Å². The first-order valence-electron chi connectivity index (χ1n) is 12.1. The van der Waals surface area contributed by atoms with Crippen molar-refractivity contribution >= 4 is 45.0 Å². The van der Waals surface area contributed by atoms with E-state index in [0.717, 1.165) is 57.0 Å². The second kappa shape index (κ2) is 9.08. The number of nitrogens with zero attached hydrogens (tertiary/aromatic N) is 3. The Morgan fingerprint density at radius 1 is 1.26 bits per heavy atom. The molecule has 6 rings (SSSR count). The zero-order valence-electron chi connectivity index (χ0n) is 19.6. The highest BCUT2D eigenvalue weighted by Crippen LogP contribution is 2.45. The van der Waals surface area contributed by atoms with E-state index < -0.39 is 6.10 Å². The predicted molar refractivity (Wildman–Crippen MR) is 137 cm³/mol. The number of pyridine rings is 1. The van der Waals surface area contributed by atoms with Crippen LogP contribution in [-0.2, 0) is 22.6 Å². The van der Waals surface area contributed by atoms with Gasteiger partial charge in [0.2, 0.25) is 5.91 Å². The van der Waals surface area contributed by atoms with Gasteiger partial charge in [-0.3, -0.25) is 14.6 Å². The van der Waals surface area contributed by atoms with E-state index in [1.807, 2.05) is 28.0 Å². The summed E-state index contributed by atoms with van der Waals surface area (Å²) < 4.78 is 7.35. The third-order valence-corrected chi connectivity index (χ3v) is 8.57. The number of ether oxygens (including phenoxy) is 1. The van der Waals surface area contributed by atoms with Gasteiger partial charge in [-0.2, -0.15) is 0 Å². The molecule has 3 aliphatic heterocycles. The Labute approximate surface area is 213 Å². The molecule has 2 fully saturated rings. The number of likely N-dealkylation sites (tertiary alicyclic amines) is 1. The molecule has 5 heterocycles. The number of halogens is 1. The van der Waals surface area contributed by atoms with E-state index in [9.17, 15) is 9.59 Å². The Morgan fingerprint density at radius 2 is 2.09 bits per heavy atom. The van der Waals surface area contributed by atoms with Crippen LogP contribution in [0, 0.1) is 0 Å². The summed E-state index contributed by atoms with van der Waals surface area (Å²) in [5.74, 6) is 0.977. The molecule has 182 valence electrons. The summed E-state index contributed by atoms with van der Waals surface area (Å²) in [6.45, 7) is 5.71. The van der Waals surface area contributed by atoms with Gasteiger partial charge < -0.3 is 19.9 Å². The fraction of sp³-hybridized carbons (Fsp3) is 0.423. The van der Waals surface area contributed by atoms with Crippen LogP contribution in [0.25, 0.3) is 21.3 Å². The number of piperazine rings is 1. The number of nitrogens with one attached hydrogen (secondary N) is 1. The van der Waals surface area contributed by atoms with E-state index in [1.54, 1.807) is 17.5 Å². The zero-order chi connectivity index (χ0) is 24.1. The number of hydrogen-bond donors (Lipinski definition) is 1. The van der Waals surface area contributed by atoms with E-state index in [1.165, 1.54) is 0 Å². The largest absolute Gasteiger partial charge is 0.479 e. The minimum Gasteiger partial charge on any atom is -0.479 e. The summed E-state index contributed by atoms with van der Waals surface area (Å²) in [6, 6.07) is 8.13. The second-order valence-corrected chi connectivity index (χ2v) is 11.1. The van der Waals surface area contributed by atoms with E-state index in [0.29, 0.717) is 37.5 Å². The van der Waals surface area contributed by atoms with Gasteiger partial charge >= 0.3 is 0 Å². The van der Waals surface area contributed by atoms with E-state index in [-0.39, 0.29) is 17.9 Å². The SMILES string of the molecule is CC1CCC(=O)N1Cc1cc2nccc(-c3cc(Cl)cc4c3O[C@@H](C(=O)N3CCNCC3)C4)c2s1.